The molecule has 1 aliphatic heterocycles. The van der Waals surface area contributed by atoms with E-state index in [2.05, 4.69) is 25.7 Å². The van der Waals surface area contributed by atoms with Gasteiger partial charge in [-0.15, -0.1) is 0 Å². The first-order valence-electron chi connectivity index (χ1n) is 15.8. The Morgan fingerprint density at radius 1 is 0.980 bits per heavy atom. The lowest BCUT2D eigenvalue weighted by atomic mass is 9.95. The molecule has 0 saturated carbocycles. The van der Waals surface area contributed by atoms with E-state index in [-0.39, 0.29) is 18.8 Å². The maximum absolute atomic E-state index is 12.7. The molecule has 50 heavy (non-hydrogen) atoms. The minimum Gasteiger partial charge on any atom is -0.493 e. The summed E-state index contributed by atoms with van der Waals surface area (Å²) in [6, 6.07) is 21.0. The van der Waals surface area contributed by atoms with Gasteiger partial charge in [-0.1, -0.05) is 29.8 Å². The lowest BCUT2D eigenvalue weighted by Gasteiger charge is -2.28. The maximum atomic E-state index is 12.7. The first-order valence-corrected chi connectivity index (χ1v) is 16.2. The summed E-state index contributed by atoms with van der Waals surface area (Å²) >= 11 is 5.96. The van der Waals surface area contributed by atoms with Crippen LogP contribution in [0.2, 0.25) is 5.02 Å². The molecule has 13 heteroatoms. The highest BCUT2D eigenvalue weighted by atomic mass is 35.5. The van der Waals surface area contributed by atoms with E-state index in [0.29, 0.717) is 34.4 Å². The number of benzene rings is 3. The van der Waals surface area contributed by atoms with Crippen LogP contribution in [0.4, 0.5) is 4.79 Å². The second kappa shape index (κ2) is 16.1. The highest BCUT2D eigenvalue weighted by Gasteiger charge is 2.32. The number of ether oxygens (including phenoxy) is 4. The summed E-state index contributed by atoms with van der Waals surface area (Å²) < 4.78 is 24.4. The van der Waals surface area contributed by atoms with Crippen molar-refractivity contribution in [3.8, 4) is 22.9 Å². The van der Waals surface area contributed by atoms with E-state index >= 15 is 0 Å². The number of nitrogens with zero attached hydrogens (tertiary/aromatic N) is 2. The van der Waals surface area contributed by atoms with Crippen LogP contribution in [-0.4, -0.2) is 49.0 Å². The van der Waals surface area contributed by atoms with Gasteiger partial charge in [0, 0.05) is 33.4 Å². The standard InChI is InChI=1S/C37H38ClN5O7/c1-6-48-36(45)34-23(3)40-37(46)41-35(34)26-9-16-31(32(18-26)47-5)50-21-33(44)42-39-19-27-17-22(2)43(24(27)4)29-12-14-30(15-13-29)49-20-25-7-10-28(38)11-8-25/h7-19,35H,6,20-21H2,1-5H3,(H,42,44)(H2,40,41,46)/b39-19+/t35-/m0/s1. The zero-order valence-electron chi connectivity index (χ0n) is 28.3. The quantitative estimate of drug-likeness (QED) is 0.0876. The SMILES string of the molecule is CCOC(=O)C1=C(C)NC(=O)N[C@H]1c1ccc(OCC(=O)N/N=C/c2cc(C)n(-c3ccc(OCc4ccc(Cl)cc4)cc3)c2C)c(OC)c1. The third-order valence-electron chi connectivity index (χ3n) is 7.92. The fourth-order valence-electron chi connectivity index (χ4n) is 5.51. The third-order valence-corrected chi connectivity index (χ3v) is 8.17. The molecule has 3 N–H and O–H groups in total. The molecule has 0 bridgehead atoms. The molecule has 4 aromatic rings. The van der Waals surface area contributed by atoms with Gasteiger partial charge < -0.3 is 34.1 Å². The second-order valence-corrected chi connectivity index (χ2v) is 11.8. The Morgan fingerprint density at radius 3 is 2.42 bits per heavy atom. The number of urea groups is 1. The number of hydrogen-bond donors (Lipinski definition) is 3. The lowest BCUT2D eigenvalue weighted by Crippen LogP contribution is -2.45. The molecule has 2 heterocycles. The smallest absolute Gasteiger partial charge is 0.338 e. The number of hydrazone groups is 1. The summed E-state index contributed by atoms with van der Waals surface area (Å²) in [7, 11) is 1.45. The van der Waals surface area contributed by atoms with E-state index in [1.54, 1.807) is 38.3 Å². The van der Waals surface area contributed by atoms with Crippen molar-refractivity contribution in [2.45, 2.75) is 40.3 Å². The van der Waals surface area contributed by atoms with Crippen molar-refractivity contribution in [1.29, 1.82) is 0 Å². The molecular weight excluding hydrogens is 662 g/mol. The van der Waals surface area contributed by atoms with Crippen LogP contribution in [0.3, 0.4) is 0 Å². The summed E-state index contributed by atoms with van der Waals surface area (Å²) in [5.41, 5.74) is 8.48. The van der Waals surface area contributed by atoms with Gasteiger partial charge >= 0.3 is 12.0 Å². The number of halogens is 1. The number of allylic oxidation sites excluding steroid dienone is 1. The number of carbonyl (C=O) groups is 3. The molecule has 3 amide bonds. The van der Waals surface area contributed by atoms with Crippen molar-refractivity contribution in [3.05, 3.63) is 117 Å². The third kappa shape index (κ3) is 8.45. The fraction of sp³-hybridized carbons (Fsp3) is 0.243. The minimum atomic E-state index is -0.774. The monoisotopic (exact) mass is 699 g/mol. The van der Waals surface area contributed by atoms with Crippen LogP contribution in [0, 0.1) is 13.8 Å². The minimum absolute atomic E-state index is 0.183. The summed E-state index contributed by atoms with van der Waals surface area (Å²) in [4.78, 5) is 37.5. The molecular formula is C37H38ClN5O7. The molecule has 1 aliphatic rings. The Bertz CT molecular complexity index is 1930. The number of amides is 3. The van der Waals surface area contributed by atoms with E-state index in [4.69, 9.17) is 30.5 Å². The Labute approximate surface area is 295 Å². The summed E-state index contributed by atoms with van der Waals surface area (Å²) in [5.74, 6) is 0.313. The van der Waals surface area contributed by atoms with Crippen LogP contribution in [0.1, 0.15) is 48.0 Å². The second-order valence-electron chi connectivity index (χ2n) is 11.4. The number of rotatable bonds is 13. The molecule has 3 aromatic carbocycles. The molecule has 0 spiro atoms. The lowest BCUT2D eigenvalue weighted by molar-refractivity contribution is -0.139. The van der Waals surface area contributed by atoms with Gasteiger partial charge in [-0.3, -0.25) is 4.79 Å². The first kappa shape index (κ1) is 35.6. The molecule has 5 rings (SSSR count). The van der Waals surface area contributed by atoms with Crippen LogP contribution in [-0.2, 0) is 20.9 Å². The molecule has 0 radical (unpaired) electrons. The van der Waals surface area contributed by atoms with Gasteiger partial charge in [-0.05, 0) is 93.4 Å². The van der Waals surface area contributed by atoms with Gasteiger partial charge in [0.25, 0.3) is 5.91 Å². The zero-order valence-corrected chi connectivity index (χ0v) is 29.1. The van der Waals surface area contributed by atoms with E-state index in [9.17, 15) is 14.4 Å². The Kier molecular flexibility index (Phi) is 11.4. The van der Waals surface area contributed by atoms with Crippen LogP contribution < -0.4 is 30.3 Å². The average molecular weight is 700 g/mol. The topological polar surface area (TPSA) is 142 Å². The van der Waals surface area contributed by atoms with Crippen molar-refractivity contribution >= 4 is 35.7 Å². The van der Waals surface area contributed by atoms with Crippen molar-refractivity contribution in [2.75, 3.05) is 20.3 Å². The molecule has 1 aromatic heterocycles. The van der Waals surface area contributed by atoms with E-state index < -0.39 is 23.9 Å². The van der Waals surface area contributed by atoms with Crippen LogP contribution in [0.5, 0.6) is 17.2 Å². The van der Waals surface area contributed by atoms with E-state index in [1.807, 2.05) is 68.4 Å². The molecule has 0 unspecified atom stereocenters. The van der Waals surface area contributed by atoms with Crippen LogP contribution >= 0.6 is 11.6 Å². The predicted molar refractivity (Wildman–Crippen MR) is 189 cm³/mol. The zero-order chi connectivity index (χ0) is 35.8. The van der Waals surface area contributed by atoms with Gasteiger partial charge in [0.2, 0.25) is 0 Å². The number of aryl methyl sites for hydroxylation is 1. The summed E-state index contributed by atoms with van der Waals surface area (Å²) in [5, 5.41) is 10.2. The highest BCUT2D eigenvalue weighted by molar-refractivity contribution is 6.30. The number of hydrogen-bond acceptors (Lipinski definition) is 8. The van der Waals surface area contributed by atoms with Crippen LogP contribution in [0.15, 0.2) is 89.2 Å². The number of carbonyl (C=O) groups excluding carboxylic acids is 3. The number of aromatic nitrogens is 1. The van der Waals surface area contributed by atoms with Gasteiger partial charge in [0.1, 0.15) is 12.4 Å². The molecule has 0 fully saturated rings. The Balaban J connectivity index is 1.18. The van der Waals surface area contributed by atoms with Gasteiger partial charge in [0.15, 0.2) is 18.1 Å². The molecule has 12 nitrogen and oxygen atoms in total. The summed E-state index contributed by atoms with van der Waals surface area (Å²) in [6.45, 7) is 7.59. The van der Waals surface area contributed by atoms with Gasteiger partial charge in [0.05, 0.1) is 31.5 Å². The number of esters is 1. The Hall–Kier alpha value is -5.75. The van der Waals surface area contributed by atoms with E-state index in [0.717, 1.165) is 34.0 Å². The molecule has 260 valence electrons. The largest absolute Gasteiger partial charge is 0.493 e. The van der Waals surface area contributed by atoms with E-state index in [1.165, 1.54) is 7.11 Å². The van der Waals surface area contributed by atoms with Crippen molar-refractivity contribution in [3.63, 3.8) is 0 Å². The number of methoxy groups -OCH3 is 1. The van der Waals surface area contributed by atoms with Gasteiger partial charge in [-0.2, -0.15) is 5.10 Å². The first-order chi connectivity index (χ1) is 24.1. The Morgan fingerprint density at radius 2 is 1.72 bits per heavy atom. The number of nitrogens with one attached hydrogen (secondary N) is 3. The van der Waals surface area contributed by atoms with Crippen molar-refractivity contribution in [1.82, 2.24) is 20.6 Å². The molecule has 0 saturated heterocycles. The molecule has 1 atom stereocenters. The molecule has 0 aliphatic carbocycles. The highest BCUT2D eigenvalue weighted by Crippen LogP contribution is 2.34. The van der Waals surface area contributed by atoms with Gasteiger partial charge in [-0.25, -0.2) is 15.0 Å². The van der Waals surface area contributed by atoms with Crippen molar-refractivity contribution < 1.29 is 33.3 Å². The summed E-state index contributed by atoms with van der Waals surface area (Å²) in [6.07, 6.45) is 1.58. The fourth-order valence-corrected chi connectivity index (χ4v) is 5.64. The average Bonchev–Trinajstić information content (AvgIpc) is 3.38. The maximum Gasteiger partial charge on any atom is 0.338 e. The van der Waals surface area contributed by atoms with Crippen LogP contribution in [0.25, 0.3) is 5.69 Å². The van der Waals surface area contributed by atoms with Crippen molar-refractivity contribution in [2.24, 2.45) is 5.10 Å². The predicted octanol–water partition coefficient (Wildman–Crippen LogP) is 6.06. The normalized spacial score (nSPS) is 14.2.